The molecule has 5 amide bonds. The van der Waals surface area contributed by atoms with Crippen molar-refractivity contribution in [1.82, 2.24) is 41.3 Å². The van der Waals surface area contributed by atoms with Crippen molar-refractivity contribution in [2.24, 2.45) is 0 Å². The Labute approximate surface area is 331 Å². The normalized spacial score (nSPS) is 10.4. The van der Waals surface area contributed by atoms with E-state index in [1.54, 1.807) is 0 Å². The molecule has 0 aliphatic carbocycles. The van der Waals surface area contributed by atoms with Gasteiger partial charge in [-0.3, -0.25) is 24.0 Å². The summed E-state index contributed by atoms with van der Waals surface area (Å²) in [6.45, 7) is 7.41. The summed E-state index contributed by atoms with van der Waals surface area (Å²) in [5.74, 6) is 12.1. The quantitative estimate of drug-likeness (QED) is 0.0475. The van der Waals surface area contributed by atoms with E-state index in [0.717, 1.165) is 25.8 Å². The maximum absolute atomic E-state index is 12.5. The molecule has 0 rings (SSSR count). The monoisotopic (exact) mass is 760 g/mol. The Bertz CT molecular complexity index is 1260. The molecule has 0 radical (unpaired) electrons. The van der Waals surface area contributed by atoms with Gasteiger partial charge in [-0.05, 0) is 45.4 Å². The molecule has 0 atom stereocenters. The summed E-state index contributed by atoms with van der Waals surface area (Å²) in [6, 6.07) is 0. The van der Waals surface area contributed by atoms with Gasteiger partial charge in [-0.25, -0.2) is 0 Å². The number of hydrogen-bond acceptors (Lipinski definition) is 8. The molecule has 13 nitrogen and oxygen atoms in total. The highest BCUT2D eigenvalue weighted by atomic mass is 16.2. The third kappa shape index (κ3) is 32.2. The molecule has 0 fully saturated rings. The van der Waals surface area contributed by atoms with Crippen LogP contribution in [0.4, 0.5) is 0 Å². The first-order valence-corrected chi connectivity index (χ1v) is 19.4. The molecule has 0 unspecified atom stereocenters. The molecule has 13 heteroatoms. The van der Waals surface area contributed by atoms with Crippen LogP contribution in [-0.4, -0.2) is 136 Å². The molecule has 0 aliphatic rings. The van der Waals surface area contributed by atoms with Gasteiger partial charge in [0.15, 0.2) is 0 Å². The van der Waals surface area contributed by atoms with Crippen LogP contribution in [0.3, 0.4) is 0 Å². The van der Waals surface area contributed by atoms with Gasteiger partial charge < -0.3 is 41.3 Å². The van der Waals surface area contributed by atoms with Crippen LogP contribution in [0, 0.1) is 61.7 Å². The largest absolute Gasteiger partial charge is 0.355 e. The van der Waals surface area contributed by atoms with Gasteiger partial charge in [0.05, 0.1) is 0 Å². The van der Waals surface area contributed by atoms with Crippen LogP contribution in [0.15, 0.2) is 0 Å². The first-order chi connectivity index (χ1) is 26.7. The molecular weight excluding hydrogens is 697 g/mol. The van der Waals surface area contributed by atoms with Crippen molar-refractivity contribution in [3.05, 3.63) is 0 Å². The highest BCUT2D eigenvalue weighted by molar-refractivity contribution is 5.77. The number of nitrogens with zero attached hydrogens (tertiary/aromatic N) is 3. The highest BCUT2D eigenvalue weighted by Crippen LogP contribution is 2.06. The zero-order valence-corrected chi connectivity index (χ0v) is 32.9. The van der Waals surface area contributed by atoms with Crippen LogP contribution in [0.1, 0.15) is 83.5 Å². The number of terminal acetylenes is 5. The molecule has 0 aromatic carbocycles. The molecule has 0 saturated carbocycles. The number of rotatable bonds is 34. The van der Waals surface area contributed by atoms with Gasteiger partial charge in [0.1, 0.15) is 0 Å². The van der Waals surface area contributed by atoms with E-state index in [1.807, 2.05) is 0 Å². The highest BCUT2D eigenvalue weighted by Gasteiger charge is 2.15. The van der Waals surface area contributed by atoms with Crippen molar-refractivity contribution in [2.75, 3.05) is 91.6 Å². The minimum Gasteiger partial charge on any atom is -0.355 e. The number of carbonyl (C=O) groups excluding carboxylic acids is 5. The van der Waals surface area contributed by atoms with Crippen LogP contribution in [0.2, 0.25) is 0 Å². The molecule has 55 heavy (non-hydrogen) atoms. The van der Waals surface area contributed by atoms with Gasteiger partial charge >= 0.3 is 0 Å². The molecule has 0 bridgehead atoms. The first-order valence-electron chi connectivity index (χ1n) is 19.4. The van der Waals surface area contributed by atoms with Crippen molar-refractivity contribution in [3.63, 3.8) is 0 Å². The second-order valence-corrected chi connectivity index (χ2v) is 12.9. The topological polar surface area (TPSA) is 155 Å². The van der Waals surface area contributed by atoms with E-state index in [2.05, 4.69) is 70.9 Å². The number of hydrogen-bond donors (Lipinski definition) is 5. The average Bonchev–Trinajstić information content (AvgIpc) is 3.17. The molecule has 0 aliphatic heterocycles. The fraction of sp³-hybridized carbons (Fsp3) is 0.643. The fourth-order valence-corrected chi connectivity index (χ4v) is 5.31. The number of carbonyl (C=O) groups is 5. The predicted molar refractivity (Wildman–Crippen MR) is 219 cm³/mol. The van der Waals surface area contributed by atoms with Crippen molar-refractivity contribution in [2.45, 2.75) is 83.5 Å². The van der Waals surface area contributed by atoms with Gasteiger partial charge in [0, 0.05) is 130 Å². The molecule has 0 saturated heterocycles. The lowest BCUT2D eigenvalue weighted by molar-refractivity contribution is -0.123. The van der Waals surface area contributed by atoms with E-state index in [4.69, 9.17) is 32.1 Å². The maximum Gasteiger partial charge on any atom is 0.221 e. The lowest BCUT2D eigenvalue weighted by Crippen LogP contribution is -2.37. The van der Waals surface area contributed by atoms with E-state index in [0.29, 0.717) is 136 Å². The smallest absolute Gasteiger partial charge is 0.221 e. The summed E-state index contributed by atoms with van der Waals surface area (Å²) >= 11 is 0. The second kappa shape index (κ2) is 36.0. The average molecular weight is 761 g/mol. The molecular formula is C42H64N8O5. The van der Waals surface area contributed by atoms with Crippen molar-refractivity contribution in [3.8, 4) is 61.7 Å². The summed E-state index contributed by atoms with van der Waals surface area (Å²) in [5, 5.41) is 14.2. The van der Waals surface area contributed by atoms with Crippen LogP contribution >= 0.6 is 0 Å². The lowest BCUT2D eigenvalue weighted by atomic mass is 10.2. The third-order valence-corrected chi connectivity index (χ3v) is 8.38. The van der Waals surface area contributed by atoms with Crippen LogP contribution in [0.25, 0.3) is 0 Å². The molecule has 0 aromatic rings. The van der Waals surface area contributed by atoms with Gasteiger partial charge in [-0.15, -0.1) is 61.7 Å². The van der Waals surface area contributed by atoms with Crippen LogP contribution < -0.4 is 26.6 Å². The molecule has 5 N–H and O–H groups in total. The Morgan fingerprint density at radius 1 is 0.327 bits per heavy atom. The fourth-order valence-electron chi connectivity index (χ4n) is 5.31. The van der Waals surface area contributed by atoms with Crippen molar-refractivity contribution >= 4 is 29.5 Å². The first kappa shape index (κ1) is 50.0. The van der Waals surface area contributed by atoms with Gasteiger partial charge in [0.25, 0.3) is 0 Å². The zero-order chi connectivity index (χ0) is 40.8. The number of amides is 5. The van der Waals surface area contributed by atoms with Crippen LogP contribution in [-0.2, 0) is 24.0 Å². The van der Waals surface area contributed by atoms with Gasteiger partial charge in [-0.1, -0.05) is 0 Å². The summed E-state index contributed by atoms with van der Waals surface area (Å²) in [6.07, 6.45) is 32.7. The molecule has 0 heterocycles. The van der Waals surface area contributed by atoms with Gasteiger partial charge in [0.2, 0.25) is 29.5 Å². The van der Waals surface area contributed by atoms with E-state index < -0.39 is 0 Å². The standard InChI is InChI=1S/C42H64N8O5/c1-6-11-24-43-38(51)19-33-48(31-18-32-50(36-22-41(54)46-27-14-9-4)37-23-42(55)47-28-15-10-5)29-16-17-30-49(34-20-39(52)44-25-12-7-2)35-21-40(53)45-26-13-8-3/h1-5H,11-37H2,(H,43,51)(H,44,52)(H,45,53)(H,46,54)(H,47,55). The van der Waals surface area contributed by atoms with E-state index in [1.165, 1.54) is 0 Å². The van der Waals surface area contributed by atoms with Crippen molar-refractivity contribution in [1.29, 1.82) is 0 Å². The van der Waals surface area contributed by atoms with Crippen LogP contribution in [0.5, 0.6) is 0 Å². The van der Waals surface area contributed by atoms with Gasteiger partial charge in [-0.2, -0.15) is 0 Å². The zero-order valence-electron chi connectivity index (χ0n) is 32.9. The molecule has 302 valence electrons. The number of nitrogens with one attached hydrogen (secondary N) is 5. The summed E-state index contributed by atoms with van der Waals surface area (Å²) in [4.78, 5) is 68.5. The Morgan fingerprint density at radius 2 is 0.527 bits per heavy atom. The summed E-state index contributed by atoms with van der Waals surface area (Å²) in [5.41, 5.74) is 0. The van der Waals surface area contributed by atoms with Crippen molar-refractivity contribution < 1.29 is 24.0 Å². The predicted octanol–water partition coefficient (Wildman–Crippen LogP) is 0.711. The third-order valence-electron chi connectivity index (χ3n) is 8.38. The Hall–Kier alpha value is -4.97. The summed E-state index contributed by atoms with van der Waals surface area (Å²) in [7, 11) is 0. The van der Waals surface area contributed by atoms with E-state index >= 15 is 0 Å². The van der Waals surface area contributed by atoms with E-state index in [9.17, 15) is 24.0 Å². The summed E-state index contributed by atoms with van der Waals surface area (Å²) < 4.78 is 0. The minimum absolute atomic E-state index is 0.0687. The van der Waals surface area contributed by atoms with E-state index in [-0.39, 0.29) is 42.4 Å². The number of unbranched alkanes of at least 4 members (excludes halogenated alkanes) is 1. The Morgan fingerprint density at radius 3 is 0.745 bits per heavy atom. The minimum atomic E-state index is -0.0979. The second-order valence-electron chi connectivity index (χ2n) is 12.9. The Balaban J connectivity index is 5.42. The Kier molecular flexibility index (Phi) is 32.8. The lowest BCUT2D eigenvalue weighted by Gasteiger charge is -2.26. The maximum atomic E-state index is 12.5. The molecule has 0 aromatic heterocycles. The SMILES string of the molecule is C#CCCNC(=O)CCN(CCCCN(CCC(=O)NCCC#C)CCC(=O)NCCC#C)CCCN(CCC(=O)NCCC#C)CCC(=O)NCCC#C. The molecule has 0 spiro atoms.